The van der Waals surface area contributed by atoms with Crippen LogP contribution in [0.5, 0.6) is 5.75 Å². The van der Waals surface area contributed by atoms with Gasteiger partial charge in [-0.15, -0.1) is 0 Å². The van der Waals surface area contributed by atoms with Gasteiger partial charge in [0.25, 0.3) is 0 Å². The number of amidine groups is 1. The summed E-state index contributed by atoms with van der Waals surface area (Å²) in [6.07, 6.45) is 5.51. The fraction of sp³-hybridized carbons (Fsp3) is 0.333. The highest BCUT2D eigenvalue weighted by molar-refractivity contribution is 8.16. The van der Waals surface area contributed by atoms with Gasteiger partial charge in [0, 0.05) is 57.0 Å². The molecule has 4 heterocycles. The van der Waals surface area contributed by atoms with E-state index in [4.69, 9.17) is 14.7 Å². The maximum absolute atomic E-state index is 12.9. The molecule has 3 aliphatic heterocycles. The second kappa shape index (κ2) is 11.7. The van der Waals surface area contributed by atoms with Crippen molar-refractivity contribution in [3.05, 3.63) is 83.7 Å². The zero-order chi connectivity index (χ0) is 28.3. The normalized spacial score (nSPS) is 20.0. The minimum absolute atomic E-state index is 0.0727. The van der Waals surface area contributed by atoms with Gasteiger partial charge in [0.05, 0.1) is 12.8 Å². The molecular formula is C30H34N8O2S. The molecule has 1 fully saturated rings. The first-order chi connectivity index (χ1) is 20.0. The maximum Gasteiger partial charge on any atom is 0.321 e. The lowest BCUT2D eigenvalue weighted by molar-refractivity contribution is 0.197. The summed E-state index contributed by atoms with van der Waals surface area (Å²) in [6.45, 7) is 1.32. The van der Waals surface area contributed by atoms with Crippen LogP contribution < -0.4 is 20.3 Å². The quantitative estimate of drug-likeness (QED) is 0.393. The van der Waals surface area contributed by atoms with Gasteiger partial charge in [-0.3, -0.25) is 4.99 Å². The summed E-state index contributed by atoms with van der Waals surface area (Å²) in [7, 11) is 5.67. The van der Waals surface area contributed by atoms with Gasteiger partial charge in [0.15, 0.2) is 5.17 Å². The number of hydrogen-bond acceptors (Lipinski definition) is 9. The van der Waals surface area contributed by atoms with Crippen LogP contribution in [0, 0.1) is 0 Å². The van der Waals surface area contributed by atoms with Crippen molar-refractivity contribution in [2.24, 2.45) is 4.99 Å². The van der Waals surface area contributed by atoms with E-state index in [0.717, 1.165) is 46.4 Å². The number of piperidine rings is 1. The number of methoxy groups -OCH3 is 1. The maximum atomic E-state index is 12.9. The van der Waals surface area contributed by atoms with Gasteiger partial charge in [-0.2, -0.15) is 0 Å². The molecule has 6 rings (SSSR count). The minimum atomic E-state index is -0.110. The van der Waals surface area contributed by atoms with Crippen molar-refractivity contribution in [3.8, 4) is 5.75 Å². The largest absolute Gasteiger partial charge is 0.497 e. The van der Waals surface area contributed by atoms with E-state index in [-0.39, 0.29) is 24.2 Å². The van der Waals surface area contributed by atoms with Gasteiger partial charge in [0.2, 0.25) is 5.95 Å². The van der Waals surface area contributed by atoms with Crippen molar-refractivity contribution in [1.82, 2.24) is 19.8 Å². The lowest BCUT2D eigenvalue weighted by Crippen LogP contribution is -2.44. The van der Waals surface area contributed by atoms with Crippen LogP contribution in [0.2, 0.25) is 0 Å². The molecule has 212 valence electrons. The van der Waals surface area contributed by atoms with E-state index < -0.39 is 0 Å². The Kier molecular flexibility index (Phi) is 7.69. The molecule has 11 heteroatoms. The topological polar surface area (TPSA) is 98.2 Å². The zero-order valence-electron chi connectivity index (χ0n) is 23.4. The van der Waals surface area contributed by atoms with Crippen LogP contribution >= 0.6 is 11.8 Å². The van der Waals surface area contributed by atoms with E-state index in [9.17, 15) is 4.79 Å². The molecular weight excluding hydrogens is 536 g/mol. The van der Waals surface area contributed by atoms with Crippen molar-refractivity contribution in [2.45, 2.75) is 31.0 Å². The number of fused-ring (bicyclic) bond motifs is 1. The van der Waals surface area contributed by atoms with E-state index in [2.05, 4.69) is 38.2 Å². The molecule has 0 spiro atoms. The first kappa shape index (κ1) is 26.9. The second-order valence-electron chi connectivity index (χ2n) is 10.5. The van der Waals surface area contributed by atoms with Crippen molar-refractivity contribution in [1.29, 1.82) is 0 Å². The Labute approximate surface area is 244 Å². The SMILES string of the molecule is COc1cccc(C2N=C3SC=CN3C2c2ccnc(NC3CCN(C(=O)Nc4ccc(N(C)C)cc4)CC3)n2)c1. The van der Waals surface area contributed by atoms with Crippen molar-refractivity contribution >= 4 is 40.3 Å². The van der Waals surface area contributed by atoms with Gasteiger partial charge < -0.3 is 30.1 Å². The van der Waals surface area contributed by atoms with Gasteiger partial charge >= 0.3 is 6.03 Å². The third-order valence-electron chi connectivity index (χ3n) is 7.63. The summed E-state index contributed by atoms with van der Waals surface area (Å²) in [4.78, 5) is 33.4. The van der Waals surface area contributed by atoms with Crippen molar-refractivity contribution in [3.63, 3.8) is 0 Å². The molecule has 1 aromatic heterocycles. The number of urea groups is 1. The average Bonchev–Trinajstić information content (AvgIpc) is 3.60. The Balaban J connectivity index is 1.09. The van der Waals surface area contributed by atoms with Crippen LogP contribution in [0.4, 0.5) is 22.1 Å². The van der Waals surface area contributed by atoms with Gasteiger partial charge in [-0.05, 0) is 66.3 Å². The van der Waals surface area contributed by atoms with Crippen molar-refractivity contribution < 1.29 is 9.53 Å². The highest BCUT2D eigenvalue weighted by Gasteiger charge is 2.40. The van der Waals surface area contributed by atoms with Crippen LogP contribution in [0.15, 0.2) is 77.4 Å². The average molecular weight is 571 g/mol. The number of carbonyl (C=O) groups excluding carboxylic acids is 1. The van der Waals surface area contributed by atoms with Crippen LogP contribution in [0.3, 0.4) is 0 Å². The summed E-state index contributed by atoms with van der Waals surface area (Å²) in [5.74, 6) is 1.41. The van der Waals surface area contributed by atoms with Crippen molar-refractivity contribution in [2.75, 3.05) is 49.8 Å². The number of benzene rings is 2. The molecule has 2 amide bonds. The summed E-state index contributed by atoms with van der Waals surface area (Å²) in [6, 6.07) is 17.8. The summed E-state index contributed by atoms with van der Waals surface area (Å²) < 4.78 is 5.47. The third kappa shape index (κ3) is 5.81. The predicted octanol–water partition coefficient (Wildman–Crippen LogP) is 5.33. The number of anilines is 3. The number of hydrogen-bond donors (Lipinski definition) is 2. The number of thioether (sulfide) groups is 1. The van der Waals surface area contributed by atoms with E-state index in [1.807, 2.05) is 78.6 Å². The Bertz CT molecular complexity index is 1450. The molecule has 2 aromatic carbocycles. The number of rotatable bonds is 7. The second-order valence-corrected chi connectivity index (χ2v) is 11.3. The number of amides is 2. The minimum Gasteiger partial charge on any atom is -0.497 e. The Morgan fingerprint density at radius 2 is 1.90 bits per heavy atom. The third-order valence-corrected chi connectivity index (χ3v) is 8.41. The first-order valence-electron chi connectivity index (χ1n) is 13.7. The van der Waals surface area contributed by atoms with Crippen LogP contribution in [0.1, 0.15) is 36.2 Å². The van der Waals surface area contributed by atoms with Gasteiger partial charge in [0.1, 0.15) is 17.8 Å². The lowest BCUT2D eigenvalue weighted by atomic mass is 9.97. The molecule has 2 atom stereocenters. The van der Waals surface area contributed by atoms with Gasteiger partial charge in [-0.1, -0.05) is 23.9 Å². The Morgan fingerprint density at radius 3 is 2.66 bits per heavy atom. The summed E-state index contributed by atoms with van der Waals surface area (Å²) >= 11 is 1.62. The molecule has 10 nitrogen and oxygen atoms in total. The molecule has 0 aliphatic carbocycles. The first-order valence-corrected chi connectivity index (χ1v) is 14.6. The highest BCUT2D eigenvalue weighted by atomic mass is 32.2. The molecule has 2 N–H and O–H groups in total. The Hall–Kier alpha value is -4.25. The molecule has 0 saturated carbocycles. The highest BCUT2D eigenvalue weighted by Crippen LogP contribution is 2.46. The van der Waals surface area contributed by atoms with E-state index >= 15 is 0 Å². The van der Waals surface area contributed by atoms with Crippen LogP contribution in [0.25, 0.3) is 0 Å². The molecule has 41 heavy (non-hydrogen) atoms. The summed E-state index contributed by atoms with van der Waals surface area (Å²) in [5.41, 5.74) is 3.87. The fourth-order valence-electron chi connectivity index (χ4n) is 5.38. The fourth-order valence-corrected chi connectivity index (χ4v) is 6.16. The number of carbonyl (C=O) groups is 1. The molecule has 0 bridgehead atoms. The molecule has 3 aliphatic rings. The monoisotopic (exact) mass is 570 g/mol. The zero-order valence-corrected chi connectivity index (χ0v) is 24.2. The number of nitrogens with one attached hydrogen (secondary N) is 2. The van der Waals surface area contributed by atoms with E-state index in [1.54, 1.807) is 18.9 Å². The molecule has 2 unspecified atom stereocenters. The van der Waals surface area contributed by atoms with E-state index in [0.29, 0.717) is 19.0 Å². The lowest BCUT2D eigenvalue weighted by Gasteiger charge is -2.32. The van der Waals surface area contributed by atoms with Gasteiger partial charge in [-0.25, -0.2) is 14.8 Å². The summed E-state index contributed by atoms with van der Waals surface area (Å²) in [5, 5.41) is 9.56. The number of nitrogens with zero attached hydrogens (tertiary/aromatic N) is 6. The number of aromatic nitrogens is 2. The molecule has 1 saturated heterocycles. The Morgan fingerprint density at radius 1 is 1.10 bits per heavy atom. The smallest absolute Gasteiger partial charge is 0.321 e. The number of ether oxygens (including phenoxy) is 1. The van der Waals surface area contributed by atoms with E-state index in [1.165, 1.54) is 0 Å². The van der Waals surface area contributed by atoms with Crippen LogP contribution in [-0.4, -0.2) is 71.3 Å². The number of likely N-dealkylation sites (tertiary alicyclic amines) is 1. The number of aliphatic imine (C=N–C) groups is 1. The predicted molar refractivity (Wildman–Crippen MR) is 165 cm³/mol. The molecule has 0 radical (unpaired) electrons. The molecule has 3 aromatic rings. The van der Waals surface area contributed by atoms with Crippen LogP contribution in [-0.2, 0) is 0 Å². The standard InChI is InChI=1S/C30H34N8O2S/c1-36(2)23-9-7-21(8-10-23)33-29(39)37-15-12-22(13-16-37)32-28-31-14-11-25(34-28)27-26(35-30-38(27)17-18-41-30)20-5-4-6-24(19-20)40-3/h4-11,14,17-19,22,26-27H,12-13,15-16H2,1-3H3,(H,33,39)(H,31,32,34).